The number of carboxylic acid groups (broad SMARTS) is 1. The van der Waals surface area contributed by atoms with Gasteiger partial charge in [-0.1, -0.05) is 45.4 Å². The molecule has 0 radical (unpaired) electrons. The molecule has 2 aliphatic heterocycles. The molecule has 178 valence electrons. The number of carbonyl (C=O) groups is 3. The van der Waals surface area contributed by atoms with Crippen molar-refractivity contribution in [3.05, 3.63) is 35.9 Å². The summed E-state index contributed by atoms with van der Waals surface area (Å²) in [5.41, 5.74) is 5.24. The highest BCUT2D eigenvalue weighted by Gasteiger charge is 2.51. The second-order valence-corrected chi connectivity index (χ2v) is 9.16. The van der Waals surface area contributed by atoms with E-state index in [2.05, 4.69) is 30.3 Å². The van der Waals surface area contributed by atoms with Gasteiger partial charge in [0, 0.05) is 25.2 Å². The van der Waals surface area contributed by atoms with Crippen molar-refractivity contribution in [2.75, 3.05) is 19.6 Å². The van der Waals surface area contributed by atoms with Crippen molar-refractivity contribution in [3.63, 3.8) is 0 Å². The highest BCUT2D eigenvalue weighted by Crippen LogP contribution is 2.36. The summed E-state index contributed by atoms with van der Waals surface area (Å²) in [4.78, 5) is 35.7. The number of hydrogen-bond acceptors (Lipinski definition) is 7. The molecule has 1 unspecified atom stereocenters. The second kappa shape index (κ2) is 12.1. The van der Waals surface area contributed by atoms with Gasteiger partial charge < -0.3 is 19.9 Å². The predicted molar refractivity (Wildman–Crippen MR) is 124 cm³/mol. The Balaban J connectivity index is 0.000000336. The van der Waals surface area contributed by atoms with Crippen LogP contribution in [0.2, 0.25) is 0 Å². The molecule has 2 saturated heterocycles. The summed E-state index contributed by atoms with van der Waals surface area (Å²) >= 11 is 0.877. The van der Waals surface area contributed by atoms with Crippen LogP contribution >= 0.6 is 12.2 Å². The van der Waals surface area contributed by atoms with Crippen LogP contribution in [0.3, 0.4) is 0 Å². The number of benzene rings is 1. The van der Waals surface area contributed by atoms with Gasteiger partial charge >= 0.3 is 6.16 Å². The second-order valence-electron chi connectivity index (χ2n) is 8.32. The highest BCUT2D eigenvalue weighted by molar-refractivity contribution is 7.92. The molecule has 4 N–H and O–H groups in total. The van der Waals surface area contributed by atoms with Crippen LogP contribution in [0.25, 0.3) is 0 Å². The van der Waals surface area contributed by atoms with E-state index in [0.29, 0.717) is 18.7 Å². The fourth-order valence-electron chi connectivity index (χ4n) is 3.93. The molecule has 0 aromatic heterocycles. The first kappa shape index (κ1) is 26.0. The number of carbonyl (C=O) groups excluding carboxylic acids is 2. The first-order valence-electron chi connectivity index (χ1n) is 11.0. The minimum absolute atomic E-state index is 0.124. The molecule has 1 spiro atoms. The molecule has 10 heteroatoms. The molecule has 2 amide bonds. The molecule has 1 aromatic carbocycles. The summed E-state index contributed by atoms with van der Waals surface area (Å²) < 4.78 is 6.46. The average Bonchev–Trinajstić information content (AvgIpc) is 3.04. The zero-order chi connectivity index (χ0) is 23.7. The van der Waals surface area contributed by atoms with Gasteiger partial charge in [-0.05, 0) is 37.3 Å². The van der Waals surface area contributed by atoms with Crippen LogP contribution in [0.1, 0.15) is 56.8 Å². The Hall–Kier alpha value is -2.30. The Morgan fingerprint density at radius 2 is 1.91 bits per heavy atom. The van der Waals surface area contributed by atoms with E-state index in [1.807, 2.05) is 15.3 Å². The lowest BCUT2D eigenvalue weighted by molar-refractivity contribution is -0.133. The van der Waals surface area contributed by atoms with Crippen molar-refractivity contribution >= 4 is 30.2 Å². The zero-order valence-electron chi connectivity index (χ0n) is 19.0. The molecule has 1 aromatic rings. The minimum atomic E-state index is -1.28. The number of nitrogens with one attached hydrogen (secondary N) is 1. The zero-order valence-corrected chi connectivity index (χ0v) is 19.8. The first-order chi connectivity index (χ1) is 15.2. The van der Waals surface area contributed by atoms with Gasteiger partial charge in [0.2, 0.25) is 11.8 Å². The monoisotopic (exact) mass is 466 g/mol. The van der Waals surface area contributed by atoms with Crippen molar-refractivity contribution in [2.24, 2.45) is 11.7 Å². The third-order valence-electron chi connectivity index (χ3n) is 5.70. The Morgan fingerprint density at radius 1 is 1.28 bits per heavy atom. The Morgan fingerprint density at radius 3 is 2.38 bits per heavy atom. The van der Waals surface area contributed by atoms with Gasteiger partial charge in [0.05, 0.1) is 11.7 Å². The summed E-state index contributed by atoms with van der Waals surface area (Å²) in [6.45, 7) is 8.42. The lowest BCUT2D eigenvalue weighted by Crippen LogP contribution is -2.58. The van der Waals surface area contributed by atoms with Crippen LogP contribution < -0.4 is 11.1 Å². The third kappa shape index (κ3) is 6.85. The predicted octanol–water partition coefficient (Wildman–Crippen LogP) is 3.08. The average molecular weight is 467 g/mol. The lowest BCUT2D eigenvalue weighted by atomic mass is 9.96. The minimum Gasteiger partial charge on any atom is -0.449 e. The Kier molecular flexibility index (Phi) is 9.80. The van der Waals surface area contributed by atoms with E-state index in [1.165, 1.54) is 0 Å². The maximum Gasteiger partial charge on any atom is 0.519 e. The summed E-state index contributed by atoms with van der Waals surface area (Å²) in [5, 5.41) is 12.2. The van der Waals surface area contributed by atoms with E-state index >= 15 is 0 Å². The van der Waals surface area contributed by atoms with Crippen LogP contribution in [0.15, 0.2) is 30.3 Å². The summed E-state index contributed by atoms with van der Waals surface area (Å²) in [6, 6.07) is 8.64. The SMILES string of the molecule is CCCCN1C(=O)C(C(C)C)NC12CCN(SOC(=O)O)CC2.NC(=O)c1ccccc1. The normalized spacial score (nSPS) is 20.2. The largest absolute Gasteiger partial charge is 0.519 e. The molecule has 2 aliphatic rings. The van der Waals surface area contributed by atoms with Crippen molar-refractivity contribution in [2.45, 2.75) is 58.2 Å². The lowest BCUT2D eigenvalue weighted by Gasteiger charge is -2.43. The molecule has 2 fully saturated rings. The van der Waals surface area contributed by atoms with E-state index in [-0.39, 0.29) is 29.4 Å². The smallest absolute Gasteiger partial charge is 0.449 e. The number of rotatable bonds is 7. The van der Waals surface area contributed by atoms with Crippen molar-refractivity contribution < 1.29 is 23.7 Å². The molecule has 3 rings (SSSR count). The number of piperidine rings is 1. The summed E-state index contributed by atoms with van der Waals surface area (Å²) in [7, 11) is 0. The van der Waals surface area contributed by atoms with Crippen LogP contribution in [-0.4, -0.2) is 63.6 Å². The van der Waals surface area contributed by atoms with E-state index < -0.39 is 6.16 Å². The van der Waals surface area contributed by atoms with E-state index in [1.54, 1.807) is 24.3 Å². The van der Waals surface area contributed by atoms with Crippen molar-refractivity contribution in [1.29, 1.82) is 0 Å². The summed E-state index contributed by atoms with van der Waals surface area (Å²) in [6.07, 6.45) is 2.33. The van der Waals surface area contributed by atoms with Gasteiger partial charge in [0.25, 0.3) is 0 Å². The number of unbranched alkanes of at least 4 members (excludes halogenated alkanes) is 1. The molecule has 0 saturated carbocycles. The van der Waals surface area contributed by atoms with E-state index in [0.717, 1.165) is 44.5 Å². The van der Waals surface area contributed by atoms with Crippen molar-refractivity contribution in [1.82, 2.24) is 14.5 Å². The topological polar surface area (TPSA) is 125 Å². The van der Waals surface area contributed by atoms with Crippen molar-refractivity contribution in [3.8, 4) is 0 Å². The van der Waals surface area contributed by atoms with Gasteiger partial charge in [-0.25, -0.2) is 9.10 Å². The summed E-state index contributed by atoms with van der Waals surface area (Å²) in [5.74, 6) is 0.0840. The number of nitrogens with zero attached hydrogens (tertiary/aromatic N) is 2. The van der Waals surface area contributed by atoms with Crippen LogP contribution in [0, 0.1) is 5.92 Å². The molecule has 2 heterocycles. The molecular weight excluding hydrogens is 432 g/mol. The number of hydrogen-bond donors (Lipinski definition) is 3. The Labute approximate surface area is 194 Å². The molecule has 9 nitrogen and oxygen atoms in total. The standard InChI is InChI=1S/C15H27N3O4S.C7H7NO/c1-4-5-8-18-13(19)12(11(2)3)16-15(18)6-9-17(10-7-15)23-22-14(20)21;8-7(9)6-4-2-1-3-5-6/h11-12,16H,4-10H2,1-3H3,(H,20,21);1-5H,(H2,8,9). The van der Waals surface area contributed by atoms with Crippen LogP contribution in [-0.2, 0) is 8.98 Å². The molecule has 0 bridgehead atoms. The maximum atomic E-state index is 12.8. The molecular formula is C22H34N4O5S. The molecule has 1 atom stereocenters. The van der Waals surface area contributed by atoms with Gasteiger partial charge in [0.15, 0.2) is 12.2 Å². The molecule has 32 heavy (non-hydrogen) atoms. The maximum absolute atomic E-state index is 12.8. The van der Waals surface area contributed by atoms with Gasteiger partial charge in [-0.2, -0.15) is 0 Å². The fourth-order valence-corrected chi connectivity index (χ4v) is 4.43. The quantitative estimate of drug-likeness (QED) is 0.414. The van der Waals surface area contributed by atoms with Crippen LogP contribution in [0.4, 0.5) is 4.79 Å². The van der Waals surface area contributed by atoms with Crippen LogP contribution in [0.5, 0.6) is 0 Å². The van der Waals surface area contributed by atoms with E-state index in [4.69, 9.17) is 10.8 Å². The molecule has 0 aliphatic carbocycles. The van der Waals surface area contributed by atoms with Gasteiger partial charge in [0.1, 0.15) is 0 Å². The first-order valence-corrected chi connectivity index (χ1v) is 11.7. The number of amides is 2. The fraction of sp³-hybridized carbons (Fsp3) is 0.591. The van der Waals surface area contributed by atoms with Gasteiger partial charge in [-0.3, -0.25) is 14.9 Å². The Bertz CT molecular complexity index is 769. The third-order valence-corrected chi connectivity index (χ3v) is 6.49. The highest BCUT2D eigenvalue weighted by atomic mass is 32.2. The number of primary amides is 1. The number of nitrogens with two attached hydrogens (primary N) is 1. The van der Waals surface area contributed by atoms with E-state index in [9.17, 15) is 14.4 Å². The van der Waals surface area contributed by atoms with Gasteiger partial charge in [-0.15, -0.1) is 0 Å².